The van der Waals surface area contributed by atoms with Gasteiger partial charge in [-0.3, -0.25) is 14.5 Å². The maximum atomic E-state index is 12.5. The first-order valence-corrected chi connectivity index (χ1v) is 9.71. The van der Waals surface area contributed by atoms with E-state index in [0.29, 0.717) is 24.5 Å². The Balaban J connectivity index is 1.73. The Kier molecular flexibility index (Phi) is 5.74. The SMILES string of the molecule is Cc1cccc(CN2[C@H](CNC(=O)c3cccs3)CN(C)C(=O)[C@@H]2C)c1. The molecule has 2 heterocycles. The number of benzene rings is 1. The fraction of sp³-hybridized carbons (Fsp3) is 0.400. The molecule has 6 heteroatoms. The van der Waals surface area contributed by atoms with Gasteiger partial charge in [-0.15, -0.1) is 11.3 Å². The van der Waals surface area contributed by atoms with E-state index in [2.05, 4.69) is 35.3 Å². The summed E-state index contributed by atoms with van der Waals surface area (Å²) in [6.07, 6.45) is 0. The number of nitrogens with one attached hydrogen (secondary N) is 1. The third kappa shape index (κ3) is 4.14. The Hall–Kier alpha value is -2.18. The van der Waals surface area contributed by atoms with Crippen LogP contribution in [-0.4, -0.2) is 53.8 Å². The molecule has 2 aromatic rings. The lowest BCUT2D eigenvalue weighted by atomic mass is 10.0. The van der Waals surface area contributed by atoms with Crippen molar-refractivity contribution >= 4 is 23.2 Å². The second-order valence-corrected chi connectivity index (χ2v) is 7.84. The van der Waals surface area contributed by atoms with E-state index in [9.17, 15) is 9.59 Å². The van der Waals surface area contributed by atoms with Crippen LogP contribution in [0.3, 0.4) is 0 Å². The summed E-state index contributed by atoms with van der Waals surface area (Å²) in [6.45, 7) is 5.84. The van der Waals surface area contributed by atoms with E-state index >= 15 is 0 Å². The van der Waals surface area contributed by atoms with Crippen LogP contribution in [-0.2, 0) is 11.3 Å². The monoisotopic (exact) mass is 371 g/mol. The van der Waals surface area contributed by atoms with Crippen molar-refractivity contribution in [3.05, 3.63) is 57.8 Å². The maximum absolute atomic E-state index is 12.5. The summed E-state index contributed by atoms with van der Waals surface area (Å²) >= 11 is 1.43. The number of nitrogens with zero attached hydrogens (tertiary/aromatic N) is 2. The summed E-state index contributed by atoms with van der Waals surface area (Å²) in [4.78, 5) is 29.4. The molecule has 0 radical (unpaired) electrons. The molecule has 0 bridgehead atoms. The summed E-state index contributed by atoms with van der Waals surface area (Å²) in [5.74, 6) is 0.0706. The number of likely N-dealkylation sites (N-methyl/N-ethyl adjacent to an activating group) is 1. The van der Waals surface area contributed by atoms with E-state index < -0.39 is 0 Å². The van der Waals surface area contributed by atoms with E-state index in [1.807, 2.05) is 37.6 Å². The van der Waals surface area contributed by atoms with Gasteiger partial charge in [0.2, 0.25) is 5.91 Å². The molecule has 0 saturated carbocycles. The Morgan fingerprint density at radius 2 is 2.12 bits per heavy atom. The van der Waals surface area contributed by atoms with E-state index in [1.165, 1.54) is 22.5 Å². The van der Waals surface area contributed by atoms with Crippen molar-refractivity contribution in [3.63, 3.8) is 0 Å². The van der Waals surface area contributed by atoms with Crippen molar-refractivity contribution in [2.75, 3.05) is 20.1 Å². The van der Waals surface area contributed by atoms with Gasteiger partial charge >= 0.3 is 0 Å². The number of hydrogen-bond acceptors (Lipinski definition) is 4. The highest BCUT2D eigenvalue weighted by atomic mass is 32.1. The lowest BCUT2D eigenvalue weighted by Crippen LogP contribution is -2.62. The minimum atomic E-state index is -0.210. The van der Waals surface area contributed by atoms with Crippen LogP contribution in [0.1, 0.15) is 27.7 Å². The zero-order chi connectivity index (χ0) is 18.7. The molecule has 0 aliphatic carbocycles. The lowest BCUT2D eigenvalue weighted by Gasteiger charge is -2.44. The molecule has 3 rings (SSSR count). The predicted octanol–water partition coefficient (Wildman–Crippen LogP) is 2.52. The zero-order valence-corrected chi connectivity index (χ0v) is 16.3. The zero-order valence-electron chi connectivity index (χ0n) is 15.4. The number of piperazine rings is 1. The van der Waals surface area contributed by atoms with Crippen LogP contribution in [0.5, 0.6) is 0 Å². The number of carbonyl (C=O) groups is 2. The predicted molar refractivity (Wildman–Crippen MR) is 104 cm³/mol. The van der Waals surface area contributed by atoms with Gasteiger partial charge in [-0.25, -0.2) is 0 Å². The van der Waals surface area contributed by atoms with E-state index in [-0.39, 0.29) is 23.9 Å². The fourth-order valence-corrected chi connectivity index (χ4v) is 4.10. The molecule has 1 saturated heterocycles. The van der Waals surface area contributed by atoms with Crippen molar-refractivity contribution < 1.29 is 9.59 Å². The third-order valence-corrected chi connectivity index (χ3v) is 5.74. The number of amides is 2. The normalized spacial score (nSPS) is 21.0. The quantitative estimate of drug-likeness (QED) is 0.879. The van der Waals surface area contributed by atoms with Gasteiger partial charge in [0, 0.05) is 32.7 Å². The Labute approximate surface area is 158 Å². The molecule has 1 N–H and O–H groups in total. The molecule has 1 fully saturated rings. The second kappa shape index (κ2) is 8.01. The Morgan fingerprint density at radius 3 is 2.81 bits per heavy atom. The molecular formula is C20H25N3O2S. The van der Waals surface area contributed by atoms with Gasteiger partial charge in [0.1, 0.15) is 0 Å². The second-order valence-electron chi connectivity index (χ2n) is 6.90. The average Bonchev–Trinajstić information content (AvgIpc) is 3.15. The van der Waals surface area contributed by atoms with Gasteiger partial charge < -0.3 is 10.2 Å². The van der Waals surface area contributed by atoms with Crippen LogP contribution in [0.4, 0.5) is 0 Å². The molecule has 1 aliphatic rings. The van der Waals surface area contributed by atoms with Crippen molar-refractivity contribution in [1.82, 2.24) is 15.1 Å². The average molecular weight is 372 g/mol. The number of rotatable bonds is 5. The largest absolute Gasteiger partial charge is 0.350 e. The number of thiophene rings is 1. The summed E-state index contributed by atoms with van der Waals surface area (Å²) in [5.41, 5.74) is 2.39. The van der Waals surface area contributed by atoms with Crippen molar-refractivity contribution in [1.29, 1.82) is 0 Å². The van der Waals surface area contributed by atoms with Crippen molar-refractivity contribution in [2.24, 2.45) is 0 Å². The number of hydrogen-bond donors (Lipinski definition) is 1. The molecule has 138 valence electrons. The molecular weight excluding hydrogens is 346 g/mol. The molecule has 0 spiro atoms. The first kappa shape index (κ1) is 18.6. The highest BCUT2D eigenvalue weighted by Gasteiger charge is 2.36. The molecule has 1 aromatic heterocycles. The number of carbonyl (C=O) groups excluding carboxylic acids is 2. The van der Waals surface area contributed by atoms with E-state index in [0.717, 1.165) is 0 Å². The molecule has 2 atom stereocenters. The minimum absolute atomic E-state index is 0.0530. The van der Waals surface area contributed by atoms with E-state index in [4.69, 9.17) is 0 Å². The fourth-order valence-electron chi connectivity index (χ4n) is 3.46. The summed E-state index contributed by atoms with van der Waals surface area (Å²) < 4.78 is 0. The summed E-state index contributed by atoms with van der Waals surface area (Å²) in [6, 6.07) is 11.9. The van der Waals surface area contributed by atoms with Crippen LogP contribution in [0.25, 0.3) is 0 Å². The highest BCUT2D eigenvalue weighted by molar-refractivity contribution is 7.12. The molecule has 1 aliphatic heterocycles. The van der Waals surface area contributed by atoms with Crippen molar-refractivity contribution in [2.45, 2.75) is 32.5 Å². The third-order valence-electron chi connectivity index (χ3n) is 4.88. The number of aryl methyl sites for hydroxylation is 1. The van der Waals surface area contributed by atoms with Gasteiger partial charge in [-0.05, 0) is 30.9 Å². The molecule has 0 unspecified atom stereocenters. The Bertz CT molecular complexity index is 775. The van der Waals surface area contributed by atoms with E-state index in [1.54, 1.807) is 4.90 Å². The van der Waals surface area contributed by atoms with Crippen molar-refractivity contribution in [3.8, 4) is 0 Å². The lowest BCUT2D eigenvalue weighted by molar-refractivity contribution is -0.142. The summed E-state index contributed by atoms with van der Waals surface area (Å²) in [7, 11) is 1.83. The smallest absolute Gasteiger partial charge is 0.261 e. The van der Waals surface area contributed by atoms with Crippen LogP contribution in [0.15, 0.2) is 41.8 Å². The highest BCUT2D eigenvalue weighted by Crippen LogP contribution is 2.20. The van der Waals surface area contributed by atoms with Gasteiger partial charge in [0.25, 0.3) is 5.91 Å². The van der Waals surface area contributed by atoms with Gasteiger partial charge in [-0.1, -0.05) is 35.9 Å². The molecule has 2 amide bonds. The molecule has 26 heavy (non-hydrogen) atoms. The van der Waals surface area contributed by atoms with Gasteiger partial charge in [-0.2, -0.15) is 0 Å². The molecule has 1 aromatic carbocycles. The topological polar surface area (TPSA) is 52.7 Å². The minimum Gasteiger partial charge on any atom is -0.350 e. The molecule has 5 nitrogen and oxygen atoms in total. The first-order chi connectivity index (χ1) is 12.5. The van der Waals surface area contributed by atoms with Gasteiger partial charge in [0.15, 0.2) is 0 Å². The van der Waals surface area contributed by atoms with Crippen LogP contribution >= 0.6 is 11.3 Å². The van der Waals surface area contributed by atoms with Crippen LogP contribution in [0, 0.1) is 6.92 Å². The standard InChI is InChI=1S/C20H25N3O2S/c1-14-6-4-7-16(10-14)12-23-15(2)20(25)22(3)13-17(23)11-21-19(24)18-8-5-9-26-18/h4-10,15,17H,11-13H2,1-3H3,(H,21,24)/t15-,17+/m0/s1. The van der Waals surface area contributed by atoms with Gasteiger partial charge in [0.05, 0.1) is 10.9 Å². The first-order valence-electron chi connectivity index (χ1n) is 8.83. The summed E-state index contributed by atoms with van der Waals surface area (Å²) in [5, 5.41) is 4.93. The maximum Gasteiger partial charge on any atom is 0.261 e. The van der Waals surface area contributed by atoms with Crippen LogP contribution in [0.2, 0.25) is 0 Å². The van der Waals surface area contributed by atoms with Crippen LogP contribution < -0.4 is 5.32 Å². The Morgan fingerprint density at radius 1 is 1.31 bits per heavy atom.